The summed E-state index contributed by atoms with van der Waals surface area (Å²) in [5.41, 5.74) is 1.49. The highest BCUT2D eigenvalue weighted by Crippen LogP contribution is 2.29. The van der Waals surface area contributed by atoms with Gasteiger partial charge in [0, 0.05) is 17.2 Å². The monoisotopic (exact) mass is 355 g/mol. The molecule has 2 rings (SSSR count). The Morgan fingerprint density at radius 3 is 2.42 bits per heavy atom. The average Bonchev–Trinajstić information content (AvgIpc) is 2.62. The van der Waals surface area contributed by atoms with Crippen molar-refractivity contribution in [1.29, 1.82) is 0 Å². The molecule has 0 bridgehead atoms. The Balaban J connectivity index is 2.23. The van der Waals surface area contributed by atoms with Crippen LogP contribution < -0.4 is 9.47 Å². The van der Waals surface area contributed by atoms with Gasteiger partial charge >= 0.3 is 0 Å². The van der Waals surface area contributed by atoms with E-state index in [9.17, 15) is 14.9 Å². The van der Waals surface area contributed by atoms with E-state index in [-0.39, 0.29) is 17.0 Å². The Morgan fingerprint density at radius 2 is 1.77 bits per heavy atom. The maximum atomic E-state index is 12.3. The van der Waals surface area contributed by atoms with E-state index in [2.05, 4.69) is 0 Å². The second-order valence-corrected chi connectivity index (χ2v) is 5.53. The topological polar surface area (TPSA) is 78.7 Å². The molecule has 0 aliphatic rings. The van der Waals surface area contributed by atoms with Crippen LogP contribution in [0.5, 0.6) is 11.5 Å². The van der Waals surface area contributed by atoms with Crippen LogP contribution >= 0.6 is 0 Å². The Kier molecular flexibility index (Phi) is 6.49. The van der Waals surface area contributed by atoms with Crippen molar-refractivity contribution in [2.45, 2.75) is 20.8 Å². The highest BCUT2D eigenvalue weighted by Gasteiger charge is 2.13. The van der Waals surface area contributed by atoms with Gasteiger partial charge in [-0.05, 0) is 44.5 Å². The second kappa shape index (κ2) is 8.80. The Bertz CT molecular complexity index is 842. The first-order valence-corrected chi connectivity index (χ1v) is 8.33. The van der Waals surface area contributed by atoms with Crippen molar-refractivity contribution in [2.75, 3.05) is 13.2 Å². The van der Waals surface area contributed by atoms with Crippen LogP contribution in [0.4, 0.5) is 5.69 Å². The van der Waals surface area contributed by atoms with Crippen LogP contribution in [-0.4, -0.2) is 23.9 Å². The van der Waals surface area contributed by atoms with Crippen molar-refractivity contribution in [2.24, 2.45) is 0 Å². The fourth-order valence-corrected chi connectivity index (χ4v) is 2.40. The van der Waals surface area contributed by atoms with Crippen molar-refractivity contribution >= 4 is 17.5 Å². The SMILES string of the molecule is CCOc1ccc(C=CC(=O)c2ccc(C)c([N+](=O)[O-])c2)cc1OCC. The number of carbonyl (C=O) groups excluding carboxylic acids is 1. The number of nitrogens with zero attached hydrogens (tertiary/aromatic N) is 1. The molecule has 6 nitrogen and oxygen atoms in total. The summed E-state index contributed by atoms with van der Waals surface area (Å²) >= 11 is 0. The van der Waals surface area contributed by atoms with Crippen LogP contribution in [0.2, 0.25) is 0 Å². The summed E-state index contributed by atoms with van der Waals surface area (Å²) in [6, 6.07) is 9.84. The smallest absolute Gasteiger partial charge is 0.273 e. The zero-order valence-electron chi connectivity index (χ0n) is 15.0. The lowest BCUT2D eigenvalue weighted by Gasteiger charge is -2.11. The van der Waals surface area contributed by atoms with E-state index in [0.717, 1.165) is 5.56 Å². The molecule has 0 N–H and O–H groups in total. The largest absolute Gasteiger partial charge is 0.490 e. The Labute approximate surface area is 152 Å². The third-order valence-electron chi connectivity index (χ3n) is 3.68. The highest BCUT2D eigenvalue weighted by molar-refractivity contribution is 6.07. The van der Waals surface area contributed by atoms with Gasteiger partial charge in [0.15, 0.2) is 17.3 Å². The second-order valence-electron chi connectivity index (χ2n) is 5.53. The van der Waals surface area contributed by atoms with Gasteiger partial charge in [-0.2, -0.15) is 0 Å². The fourth-order valence-electron chi connectivity index (χ4n) is 2.40. The molecule has 6 heteroatoms. The van der Waals surface area contributed by atoms with Crippen LogP contribution in [0.3, 0.4) is 0 Å². The first kappa shape index (κ1) is 19.2. The lowest BCUT2D eigenvalue weighted by molar-refractivity contribution is -0.385. The number of ether oxygens (including phenoxy) is 2. The van der Waals surface area contributed by atoms with E-state index in [1.807, 2.05) is 19.9 Å². The third-order valence-corrected chi connectivity index (χ3v) is 3.68. The molecule has 2 aromatic carbocycles. The Morgan fingerprint density at radius 1 is 1.08 bits per heavy atom. The molecular formula is C20H21NO5. The number of ketones is 1. The molecule has 0 aliphatic heterocycles. The van der Waals surface area contributed by atoms with Crippen LogP contribution in [0, 0.1) is 17.0 Å². The normalized spacial score (nSPS) is 10.7. The molecule has 0 heterocycles. The van der Waals surface area contributed by atoms with E-state index in [1.54, 1.807) is 37.3 Å². The van der Waals surface area contributed by atoms with E-state index >= 15 is 0 Å². The molecule has 26 heavy (non-hydrogen) atoms. The lowest BCUT2D eigenvalue weighted by atomic mass is 10.1. The molecule has 0 fully saturated rings. The summed E-state index contributed by atoms with van der Waals surface area (Å²) in [6.07, 6.45) is 3.03. The van der Waals surface area contributed by atoms with E-state index in [4.69, 9.17) is 9.47 Å². The number of hydrogen-bond acceptors (Lipinski definition) is 5. The highest BCUT2D eigenvalue weighted by atomic mass is 16.6. The lowest BCUT2D eigenvalue weighted by Crippen LogP contribution is -1.99. The summed E-state index contributed by atoms with van der Waals surface area (Å²) in [7, 11) is 0. The standard InChI is InChI=1S/C20H21NO5/c1-4-25-19-11-8-15(12-20(19)26-5-2)7-10-18(22)16-9-6-14(3)17(13-16)21(23)24/h6-13H,4-5H2,1-3H3. The van der Waals surface area contributed by atoms with E-state index in [0.29, 0.717) is 30.3 Å². The molecule has 2 aromatic rings. The molecule has 0 unspecified atom stereocenters. The molecule has 0 saturated carbocycles. The van der Waals surface area contributed by atoms with Crippen molar-refractivity contribution in [3.63, 3.8) is 0 Å². The van der Waals surface area contributed by atoms with Crippen LogP contribution in [0.15, 0.2) is 42.5 Å². The molecule has 0 saturated heterocycles. The van der Waals surface area contributed by atoms with Gasteiger partial charge < -0.3 is 9.47 Å². The summed E-state index contributed by atoms with van der Waals surface area (Å²) < 4.78 is 11.1. The van der Waals surface area contributed by atoms with E-state index in [1.165, 1.54) is 12.1 Å². The summed E-state index contributed by atoms with van der Waals surface area (Å²) in [6.45, 7) is 6.44. The predicted molar refractivity (Wildman–Crippen MR) is 100.0 cm³/mol. The van der Waals surface area contributed by atoms with Gasteiger partial charge in [0.1, 0.15) is 0 Å². The summed E-state index contributed by atoms with van der Waals surface area (Å²) in [5.74, 6) is 0.946. The first-order valence-electron chi connectivity index (χ1n) is 8.33. The minimum absolute atomic E-state index is 0.0658. The minimum Gasteiger partial charge on any atom is -0.490 e. The molecule has 136 valence electrons. The number of nitro benzene ring substituents is 1. The quantitative estimate of drug-likeness (QED) is 0.299. The maximum absolute atomic E-state index is 12.3. The number of nitro groups is 1. The molecular weight excluding hydrogens is 334 g/mol. The molecule has 0 aromatic heterocycles. The number of benzene rings is 2. The average molecular weight is 355 g/mol. The van der Waals surface area contributed by atoms with E-state index < -0.39 is 4.92 Å². The molecule has 0 atom stereocenters. The third kappa shape index (κ3) is 4.69. The Hall–Kier alpha value is -3.15. The predicted octanol–water partition coefficient (Wildman–Crippen LogP) is 4.60. The van der Waals surface area contributed by atoms with Gasteiger partial charge in [0.05, 0.1) is 18.1 Å². The molecule has 0 amide bonds. The molecule has 0 aliphatic carbocycles. The zero-order chi connectivity index (χ0) is 19.1. The maximum Gasteiger partial charge on any atom is 0.273 e. The van der Waals surface area contributed by atoms with Gasteiger partial charge in [-0.1, -0.05) is 24.3 Å². The first-order chi connectivity index (χ1) is 12.5. The van der Waals surface area contributed by atoms with Crippen molar-refractivity contribution in [3.05, 3.63) is 69.3 Å². The number of carbonyl (C=O) groups is 1. The van der Waals surface area contributed by atoms with Gasteiger partial charge in [-0.3, -0.25) is 14.9 Å². The zero-order valence-corrected chi connectivity index (χ0v) is 15.0. The van der Waals surface area contributed by atoms with Gasteiger partial charge in [-0.15, -0.1) is 0 Å². The number of rotatable bonds is 8. The van der Waals surface area contributed by atoms with Crippen molar-refractivity contribution in [1.82, 2.24) is 0 Å². The number of hydrogen-bond donors (Lipinski definition) is 0. The summed E-state index contributed by atoms with van der Waals surface area (Å²) in [5, 5.41) is 11.0. The van der Waals surface area contributed by atoms with Crippen molar-refractivity contribution < 1.29 is 19.2 Å². The van der Waals surface area contributed by atoms with Crippen LogP contribution in [-0.2, 0) is 0 Å². The number of allylic oxidation sites excluding steroid dienone is 1. The van der Waals surface area contributed by atoms with Crippen LogP contribution in [0.1, 0.15) is 35.3 Å². The van der Waals surface area contributed by atoms with Gasteiger partial charge in [0.2, 0.25) is 0 Å². The molecule has 0 spiro atoms. The van der Waals surface area contributed by atoms with Gasteiger partial charge in [-0.25, -0.2) is 0 Å². The van der Waals surface area contributed by atoms with Crippen LogP contribution in [0.25, 0.3) is 6.08 Å². The molecule has 0 radical (unpaired) electrons. The minimum atomic E-state index is -0.489. The van der Waals surface area contributed by atoms with Crippen molar-refractivity contribution in [3.8, 4) is 11.5 Å². The summed E-state index contributed by atoms with van der Waals surface area (Å²) in [4.78, 5) is 22.8. The fraction of sp³-hybridized carbons (Fsp3) is 0.250. The van der Waals surface area contributed by atoms with Gasteiger partial charge in [0.25, 0.3) is 5.69 Å². The number of aryl methyl sites for hydroxylation is 1.